The number of amides is 1. The number of nitrogens with zero attached hydrogens (tertiary/aromatic N) is 1. The molecule has 0 radical (unpaired) electrons. The maximum atomic E-state index is 13.0. The molecular formula is C22H24N2O5S. The lowest BCUT2D eigenvalue weighted by Crippen LogP contribution is -2.45. The van der Waals surface area contributed by atoms with Crippen LogP contribution in [0.2, 0.25) is 0 Å². The average molecular weight is 429 g/mol. The number of hydrogen-bond donors (Lipinski definition) is 1. The molecule has 3 rings (SSSR count). The van der Waals surface area contributed by atoms with Gasteiger partial charge in [-0.1, -0.05) is 36.4 Å². The van der Waals surface area contributed by atoms with E-state index in [1.54, 1.807) is 18.2 Å². The van der Waals surface area contributed by atoms with Crippen LogP contribution in [0.25, 0.3) is 10.8 Å². The summed E-state index contributed by atoms with van der Waals surface area (Å²) in [6.07, 6.45) is 1.06. The molecule has 1 atom stereocenters. The Labute approximate surface area is 176 Å². The van der Waals surface area contributed by atoms with E-state index < -0.39 is 22.0 Å². The van der Waals surface area contributed by atoms with Crippen molar-refractivity contribution in [3.05, 3.63) is 60.7 Å². The van der Waals surface area contributed by atoms with Crippen molar-refractivity contribution < 1.29 is 22.7 Å². The topological polar surface area (TPSA) is 84.9 Å². The minimum Gasteiger partial charge on any atom is -0.493 e. The summed E-state index contributed by atoms with van der Waals surface area (Å²) in [7, 11) is -0.812. The highest BCUT2D eigenvalue weighted by molar-refractivity contribution is 7.92. The Hall–Kier alpha value is -3.26. The van der Waals surface area contributed by atoms with Crippen molar-refractivity contribution in [2.24, 2.45) is 0 Å². The van der Waals surface area contributed by atoms with Crippen LogP contribution in [0.3, 0.4) is 0 Å². The lowest BCUT2D eigenvalue weighted by atomic mass is 10.1. The van der Waals surface area contributed by atoms with Crippen LogP contribution in [-0.4, -0.2) is 40.8 Å². The molecule has 1 amide bonds. The number of ether oxygens (including phenoxy) is 2. The van der Waals surface area contributed by atoms with Gasteiger partial charge < -0.3 is 14.8 Å². The maximum Gasteiger partial charge on any atom is 0.248 e. The largest absolute Gasteiger partial charge is 0.493 e. The van der Waals surface area contributed by atoms with E-state index in [1.165, 1.54) is 27.2 Å². The molecule has 0 saturated heterocycles. The normalized spacial score (nSPS) is 12.3. The monoisotopic (exact) mass is 428 g/mol. The Balaban J connectivity index is 1.96. The van der Waals surface area contributed by atoms with Gasteiger partial charge in [-0.25, -0.2) is 8.42 Å². The van der Waals surface area contributed by atoms with Gasteiger partial charge in [-0.2, -0.15) is 0 Å². The Morgan fingerprint density at radius 3 is 2.30 bits per heavy atom. The molecule has 0 bridgehead atoms. The summed E-state index contributed by atoms with van der Waals surface area (Å²) in [5.74, 6) is 0.374. The summed E-state index contributed by atoms with van der Waals surface area (Å²) in [6.45, 7) is 1.54. The minimum atomic E-state index is -3.77. The summed E-state index contributed by atoms with van der Waals surface area (Å²) in [6, 6.07) is 16.9. The average Bonchev–Trinajstić information content (AvgIpc) is 2.72. The molecule has 0 heterocycles. The zero-order valence-electron chi connectivity index (χ0n) is 17.2. The van der Waals surface area contributed by atoms with Crippen LogP contribution in [0.1, 0.15) is 6.92 Å². The Bertz CT molecular complexity index is 1170. The summed E-state index contributed by atoms with van der Waals surface area (Å²) in [5.41, 5.74) is 0.918. The van der Waals surface area contributed by atoms with E-state index in [2.05, 4.69) is 5.32 Å². The maximum absolute atomic E-state index is 13.0. The highest BCUT2D eigenvalue weighted by Crippen LogP contribution is 2.33. The standard InChI is InChI=1S/C22H24N2O5S/c1-15(22(25)23-19-11-7-9-16-8-5-6-10-18(16)19)24(30(4,26)27)17-12-13-20(28-2)21(14-17)29-3/h5-15H,1-4H3,(H,23,25)/t15-/m1/s1. The molecule has 0 saturated carbocycles. The third kappa shape index (κ3) is 4.33. The first kappa shape index (κ1) is 21.4. The third-order valence-electron chi connectivity index (χ3n) is 4.76. The van der Waals surface area contributed by atoms with Gasteiger partial charge in [-0.15, -0.1) is 0 Å². The van der Waals surface area contributed by atoms with Crippen molar-refractivity contribution in [1.82, 2.24) is 0 Å². The van der Waals surface area contributed by atoms with Crippen molar-refractivity contribution in [2.45, 2.75) is 13.0 Å². The molecule has 30 heavy (non-hydrogen) atoms. The fourth-order valence-electron chi connectivity index (χ4n) is 3.34. The van der Waals surface area contributed by atoms with Gasteiger partial charge in [-0.3, -0.25) is 9.10 Å². The zero-order valence-corrected chi connectivity index (χ0v) is 18.1. The second-order valence-corrected chi connectivity index (χ2v) is 8.65. The number of benzene rings is 3. The molecule has 0 unspecified atom stereocenters. The number of carbonyl (C=O) groups is 1. The first-order chi connectivity index (χ1) is 14.3. The highest BCUT2D eigenvalue weighted by Gasteiger charge is 2.30. The van der Waals surface area contributed by atoms with E-state index in [0.717, 1.165) is 21.3 Å². The molecule has 0 aliphatic rings. The van der Waals surface area contributed by atoms with Gasteiger partial charge in [-0.05, 0) is 30.5 Å². The van der Waals surface area contributed by atoms with Crippen molar-refractivity contribution in [3.63, 3.8) is 0 Å². The lowest BCUT2D eigenvalue weighted by Gasteiger charge is -2.28. The van der Waals surface area contributed by atoms with Crippen molar-refractivity contribution in [3.8, 4) is 11.5 Å². The summed E-state index contributed by atoms with van der Waals surface area (Å²) in [5, 5.41) is 4.70. The molecule has 1 N–H and O–H groups in total. The molecule has 0 spiro atoms. The quantitative estimate of drug-likeness (QED) is 0.621. The first-order valence-electron chi connectivity index (χ1n) is 9.26. The summed E-state index contributed by atoms with van der Waals surface area (Å²) >= 11 is 0. The molecule has 3 aromatic carbocycles. The van der Waals surface area contributed by atoms with Gasteiger partial charge in [0.15, 0.2) is 11.5 Å². The van der Waals surface area contributed by atoms with Crippen LogP contribution in [-0.2, 0) is 14.8 Å². The van der Waals surface area contributed by atoms with Crippen LogP contribution in [0.5, 0.6) is 11.5 Å². The number of anilines is 2. The predicted molar refractivity (Wildman–Crippen MR) is 119 cm³/mol. The SMILES string of the molecule is COc1ccc(N([C@H](C)C(=O)Nc2cccc3ccccc23)S(C)(=O)=O)cc1OC. The van der Waals surface area contributed by atoms with E-state index in [4.69, 9.17) is 9.47 Å². The Morgan fingerprint density at radius 1 is 0.967 bits per heavy atom. The molecule has 7 nitrogen and oxygen atoms in total. The molecular weight excluding hydrogens is 404 g/mol. The summed E-state index contributed by atoms with van der Waals surface area (Å²) in [4.78, 5) is 13.0. The number of hydrogen-bond acceptors (Lipinski definition) is 5. The second-order valence-electron chi connectivity index (χ2n) is 6.79. The lowest BCUT2D eigenvalue weighted by molar-refractivity contribution is -0.116. The molecule has 0 fully saturated rings. The van der Waals surface area contributed by atoms with Crippen LogP contribution in [0.15, 0.2) is 60.7 Å². The number of methoxy groups -OCH3 is 2. The van der Waals surface area contributed by atoms with E-state index in [-0.39, 0.29) is 0 Å². The molecule has 3 aromatic rings. The molecule has 0 aliphatic heterocycles. The Kier molecular flexibility index (Phi) is 6.17. The number of sulfonamides is 1. The van der Waals surface area contributed by atoms with Crippen molar-refractivity contribution >= 4 is 38.1 Å². The zero-order chi connectivity index (χ0) is 21.9. The van der Waals surface area contributed by atoms with Gasteiger partial charge in [0.1, 0.15) is 6.04 Å². The second kappa shape index (κ2) is 8.62. The van der Waals surface area contributed by atoms with Crippen LogP contribution in [0, 0.1) is 0 Å². The fraction of sp³-hybridized carbons (Fsp3) is 0.227. The molecule has 158 valence electrons. The van der Waals surface area contributed by atoms with Crippen molar-refractivity contribution in [1.29, 1.82) is 0 Å². The van der Waals surface area contributed by atoms with Crippen LogP contribution >= 0.6 is 0 Å². The van der Waals surface area contributed by atoms with Gasteiger partial charge >= 0.3 is 0 Å². The number of fused-ring (bicyclic) bond motifs is 1. The van der Waals surface area contributed by atoms with E-state index >= 15 is 0 Å². The van der Waals surface area contributed by atoms with Gasteiger partial charge in [0.25, 0.3) is 0 Å². The fourth-order valence-corrected chi connectivity index (χ4v) is 4.51. The molecule has 8 heteroatoms. The van der Waals surface area contributed by atoms with Crippen LogP contribution < -0.4 is 19.1 Å². The minimum absolute atomic E-state index is 0.302. The van der Waals surface area contributed by atoms with Crippen LogP contribution in [0.4, 0.5) is 11.4 Å². The molecule has 0 aliphatic carbocycles. The Morgan fingerprint density at radius 2 is 1.63 bits per heavy atom. The highest BCUT2D eigenvalue weighted by atomic mass is 32.2. The third-order valence-corrected chi connectivity index (χ3v) is 6.00. The van der Waals surface area contributed by atoms with E-state index in [1.807, 2.05) is 36.4 Å². The number of carbonyl (C=O) groups excluding carboxylic acids is 1. The molecule has 0 aromatic heterocycles. The summed E-state index contributed by atoms with van der Waals surface area (Å²) < 4.78 is 36.7. The van der Waals surface area contributed by atoms with E-state index in [0.29, 0.717) is 22.9 Å². The van der Waals surface area contributed by atoms with Gasteiger partial charge in [0.05, 0.1) is 26.2 Å². The van der Waals surface area contributed by atoms with Gasteiger partial charge in [0.2, 0.25) is 15.9 Å². The first-order valence-corrected chi connectivity index (χ1v) is 11.1. The van der Waals surface area contributed by atoms with E-state index in [9.17, 15) is 13.2 Å². The predicted octanol–water partition coefficient (Wildman–Crippen LogP) is 3.65. The number of nitrogens with one attached hydrogen (secondary N) is 1. The number of rotatable bonds is 7. The van der Waals surface area contributed by atoms with Gasteiger partial charge in [0, 0.05) is 17.1 Å². The smallest absolute Gasteiger partial charge is 0.248 e. The van der Waals surface area contributed by atoms with Crippen molar-refractivity contribution in [2.75, 3.05) is 30.1 Å².